The van der Waals surface area contributed by atoms with Crippen LogP contribution in [0.3, 0.4) is 0 Å². The molecule has 1 rings (SSSR count). The van der Waals surface area contributed by atoms with Gasteiger partial charge in [-0.15, -0.1) is 23.2 Å². The normalized spacial score (nSPS) is 10.8. The molecule has 14 heavy (non-hydrogen) atoms. The lowest BCUT2D eigenvalue weighted by molar-refractivity contribution is -0.909. The lowest BCUT2D eigenvalue weighted by Crippen LogP contribution is -3.11. The zero-order valence-electron chi connectivity index (χ0n) is 8.18. The zero-order chi connectivity index (χ0) is 10.2. The van der Waals surface area contributed by atoms with E-state index < -0.39 is 0 Å². The smallest absolute Gasteiger partial charge is 0.103 e. The molecule has 1 aromatic carbocycles. The summed E-state index contributed by atoms with van der Waals surface area (Å²) in [6, 6.07) is 10.4. The van der Waals surface area contributed by atoms with E-state index in [0.717, 1.165) is 19.6 Å². The summed E-state index contributed by atoms with van der Waals surface area (Å²) < 4.78 is 0. The molecule has 0 heterocycles. The fourth-order valence-corrected chi connectivity index (χ4v) is 1.99. The van der Waals surface area contributed by atoms with Crippen molar-refractivity contribution in [2.24, 2.45) is 0 Å². The van der Waals surface area contributed by atoms with Gasteiger partial charge in [0.05, 0.1) is 24.8 Å². The number of alkyl halides is 2. The third kappa shape index (κ3) is 4.32. The molecule has 78 valence electrons. The van der Waals surface area contributed by atoms with E-state index in [0.29, 0.717) is 11.8 Å². The third-order valence-corrected chi connectivity index (χ3v) is 2.57. The highest BCUT2D eigenvalue weighted by molar-refractivity contribution is 6.18. The minimum Gasteiger partial charge on any atom is -0.329 e. The van der Waals surface area contributed by atoms with Crippen molar-refractivity contribution in [3.8, 4) is 0 Å². The van der Waals surface area contributed by atoms with Gasteiger partial charge in [-0.3, -0.25) is 0 Å². The van der Waals surface area contributed by atoms with E-state index in [-0.39, 0.29) is 0 Å². The first-order valence-electron chi connectivity index (χ1n) is 4.86. The van der Waals surface area contributed by atoms with Crippen LogP contribution in [0.25, 0.3) is 0 Å². The van der Waals surface area contributed by atoms with Crippen molar-refractivity contribution < 1.29 is 4.90 Å². The maximum Gasteiger partial charge on any atom is 0.103 e. The van der Waals surface area contributed by atoms with Gasteiger partial charge in [0.15, 0.2) is 0 Å². The summed E-state index contributed by atoms with van der Waals surface area (Å²) in [5.74, 6) is 1.39. The van der Waals surface area contributed by atoms with Crippen LogP contribution < -0.4 is 4.90 Å². The molecule has 0 aromatic heterocycles. The number of benzene rings is 1. The molecule has 0 saturated carbocycles. The first kappa shape index (κ1) is 11.8. The molecule has 0 bridgehead atoms. The molecule has 1 aromatic rings. The Hall–Kier alpha value is -0.240. The molecule has 0 fully saturated rings. The van der Waals surface area contributed by atoms with E-state index in [2.05, 4.69) is 24.3 Å². The van der Waals surface area contributed by atoms with Crippen LogP contribution in [-0.2, 0) is 6.54 Å². The van der Waals surface area contributed by atoms with Gasteiger partial charge in [0.1, 0.15) is 6.54 Å². The van der Waals surface area contributed by atoms with Crippen LogP contribution >= 0.6 is 23.2 Å². The second-order valence-corrected chi connectivity index (χ2v) is 4.05. The van der Waals surface area contributed by atoms with Gasteiger partial charge in [0.25, 0.3) is 0 Å². The minimum absolute atomic E-state index is 0.694. The molecule has 0 saturated heterocycles. The molecule has 0 atom stereocenters. The first-order valence-corrected chi connectivity index (χ1v) is 5.93. The average molecular weight is 233 g/mol. The van der Waals surface area contributed by atoms with Crippen LogP contribution in [0, 0.1) is 0 Å². The van der Waals surface area contributed by atoms with Crippen LogP contribution in [0.5, 0.6) is 0 Å². The Bertz CT molecular complexity index is 232. The molecule has 0 unspecified atom stereocenters. The third-order valence-electron chi connectivity index (χ3n) is 2.19. The van der Waals surface area contributed by atoms with Gasteiger partial charge in [-0.1, -0.05) is 30.3 Å². The fourth-order valence-electron chi connectivity index (χ4n) is 1.45. The van der Waals surface area contributed by atoms with Crippen LogP contribution in [0.4, 0.5) is 0 Å². The van der Waals surface area contributed by atoms with Crippen molar-refractivity contribution in [1.29, 1.82) is 0 Å². The fraction of sp³-hybridized carbons (Fsp3) is 0.455. The summed E-state index contributed by atoms with van der Waals surface area (Å²) in [5.41, 5.74) is 1.35. The summed E-state index contributed by atoms with van der Waals surface area (Å²) in [5, 5.41) is 0. The van der Waals surface area contributed by atoms with Crippen molar-refractivity contribution in [2.75, 3.05) is 24.8 Å². The lowest BCUT2D eigenvalue weighted by Gasteiger charge is -2.16. The SMILES string of the molecule is ClCC[NH+](CCCl)Cc1ccccc1. The van der Waals surface area contributed by atoms with Gasteiger partial charge in [-0.05, 0) is 0 Å². The van der Waals surface area contributed by atoms with Gasteiger partial charge in [-0.2, -0.15) is 0 Å². The van der Waals surface area contributed by atoms with E-state index >= 15 is 0 Å². The summed E-state index contributed by atoms with van der Waals surface area (Å²) in [6.45, 7) is 2.96. The number of hydrogen-bond donors (Lipinski definition) is 1. The van der Waals surface area contributed by atoms with Crippen LogP contribution in [0.1, 0.15) is 5.56 Å². The highest BCUT2D eigenvalue weighted by Gasteiger charge is 2.07. The molecule has 0 aliphatic carbocycles. The maximum absolute atomic E-state index is 5.73. The second kappa shape index (κ2) is 7.10. The van der Waals surface area contributed by atoms with Gasteiger partial charge in [0.2, 0.25) is 0 Å². The Kier molecular flexibility index (Phi) is 6.00. The number of quaternary nitrogens is 1. The van der Waals surface area contributed by atoms with Gasteiger partial charge in [0, 0.05) is 5.56 Å². The number of hydrogen-bond acceptors (Lipinski definition) is 0. The van der Waals surface area contributed by atoms with Crippen molar-refractivity contribution in [3.63, 3.8) is 0 Å². The quantitative estimate of drug-likeness (QED) is 0.711. The van der Waals surface area contributed by atoms with Crippen molar-refractivity contribution in [1.82, 2.24) is 0 Å². The zero-order valence-corrected chi connectivity index (χ0v) is 9.69. The maximum atomic E-state index is 5.73. The molecule has 0 aliphatic heterocycles. The minimum atomic E-state index is 0.694. The highest BCUT2D eigenvalue weighted by Crippen LogP contribution is 1.95. The monoisotopic (exact) mass is 232 g/mol. The average Bonchev–Trinajstić information content (AvgIpc) is 2.20. The standard InChI is InChI=1S/C11H15Cl2N/c12-6-8-14(9-7-13)10-11-4-2-1-3-5-11/h1-5H,6-10H2/p+1. The summed E-state index contributed by atoms with van der Waals surface area (Å²) >= 11 is 11.5. The van der Waals surface area contributed by atoms with Crippen LogP contribution in [-0.4, -0.2) is 24.8 Å². The predicted octanol–water partition coefficient (Wildman–Crippen LogP) is 1.55. The Labute approximate surface area is 95.6 Å². The molecular formula is C11H16Cl2N+. The highest BCUT2D eigenvalue weighted by atomic mass is 35.5. The molecule has 1 nitrogen and oxygen atoms in total. The Morgan fingerprint density at radius 3 is 2.00 bits per heavy atom. The Morgan fingerprint density at radius 2 is 1.50 bits per heavy atom. The van der Waals surface area contributed by atoms with Gasteiger partial charge >= 0.3 is 0 Å². The number of nitrogens with one attached hydrogen (secondary N) is 1. The molecule has 0 amide bonds. The largest absolute Gasteiger partial charge is 0.329 e. The Balaban J connectivity index is 2.46. The number of rotatable bonds is 6. The second-order valence-electron chi connectivity index (χ2n) is 3.29. The summed E-state index contributed by atoms with van der Waals surface area (Å²) in [4.78, 5) is 1.45. The van der Waals surface area contributed by atoms with E-state index in [4.69, 9.17) is 23.2 Å². The summed E-state index contributed by atoms with van der Waals surface area (Å²) in [6.07, 6.45) is 0. The molecular weight excluding hydrogens is 217 g/mol. The van der Waals surface area contributed by atoms with Crippen LogP contribution in [0.15, 0.2) is 30.3 Å². The molecule has 0 spiro atoms. The molecule has 1 N–H and O–H groups in total. The van der Waals surface area contributed by atoms with E-state index in [1.807, 2.05) is 6.07 Å². The van der Waals surface area contributed by atoms with Gasteiger partial charge in [-0.25, -0.2) is 0 Å². The first-order chi connectivity index (χ1) is 6.86. The topological polar surface area (TPSA) is 4.44 Å². The molecule has 3 heteroatoms. The van der Waals surface area contributed by atoms with Gasteiger partial charge < -0.3 is 4.90 Å². The predicted molar refractivity (Wildman–Crippen MR) is 62.3 cm³/mol. The Morgan fingerprint density at radius 1 is 0.929 bits per heavy atom. The number of halogens is 2. The van der Waals surface area contributed by atoms with E-state index in [1.165, 1.54) is 10.5 Å². The summed E-state index contributed by atoms with van der Waals surface area (Å²) in [7, 11) is 0. The van der Waals surface area contributed by atoms with E-state index in [9.17, 15) is 0 Å². The molecule has 0 radical (unpaired) electrons. The van der Waals surface area contributed by atoms with Crippen molar-refractivity contribution in [2.45, 2.75) is 6.54 Å². The van der Waals surface area contributed by atoms with E-state index in [1.54, 1.807) is 0 Å². The lowest BCUT2D eigenvalue weighted by atomic mass is 10.2. The molecule has 0 aliphatic rings. The van der Waals surface area contributed by atoms with Crippen molar-refractivity contribution >= 4 is 23.2 Å². The van der Waals surface area contributed by atoms with Crippen molar-refractivity contribution in [3.05, 3.63) is 35.9 Å². The van der Waals surface area contributed by atoms with Crippen LogP contribution in [0.2, 0.25) is 0 Å².